The first-order chi connectivity index (χ1) is 7.77. The molecule has 1 aromatic carbocycles. The van der Waals surface area contributed by atoms with Gasteiger partial charge in [0, 0.05) is 0 Å². The number of halogens is 5. The summed E-state index contributed by atoms with van der Waals surface area (Å²) in [4.78, 5) is 10.6. The van der Waals surface area contributed by atoms with Crippen molar-refractivity contribution < 1.29 is 31.5 Å². The van der Waals surface area contributed by atoms with E-state index in [4.69, 9.17) is 5.73 Å². The van der Waals surface area contributed by atoms with Gasteiger partial charge in [0.2, 0.25) is 29.1 Å². The van der Waals surface area contributed by atoms with Gasteiger partial charge >= 0.3 is 0 Å². The number of hydrogen-bond acceptors (Lipinski definition) is 2. The van der Waals surface area contributed by atoms with Crippen molar-refractivity contribution in [1.82, 2.24) is 0 Å². The third-order valence-electron chi connectivity index (χ3n) is 1.86. The Labute approximate surface area is 92.0 Å². The van der Waals surface area contributed by atoms with Gasteiger partial charge in [-0.1, -0.05) is 0 Å². The minimum atomic E-state index is -2.31. The number of hydrogen-bond donors (Lipinski definition) is 1. The average molecular weight is 255 g/mol. The Bertz CT molecular complexity index is 448. The van der Waals surface area contributed by atoms with Gasteiger partial charge in [0.05, 0.1) is 0 Å². The zero-order valence-corrected chi connectivity index (χ0v) is 8.36. The zero-order valence-electron chi connectivity index (χ0n) is 8.36. The van der Waals surface area contributed by atoms with Crippen molar-refractivity contribution in [2.45, 2.75) is 13.0 Å². The second-order valence-corrected chi connectivity index (χ2v) is 3.06. The van der Waals surface area contributed by atoms with Gasteiger partial charge in [0.15, 0.2) is 11.9 Å². The first kappa shape index (κ1) is 13.2. The smallest absolute Gasteiger partial charge is 0.258 e. The molecule has 1 atom stereocenters. The molecular weight excluding hydrogens is 249 g/mol. The van der Waals surface area contributed by atoms with E-state index in [9.17, 15) is 26.7 Å². The highest BCUT2D eigenvalue weighted by Crippen LogP contribution is 2.29. The fourth-order valence-electron chi connectivity index (χ4n) is 0.923. The average Bonchev–Trinajstić information content (AvgIpc) is 2.29. The highest BCUT2D eigenvalue weighted by molar-refractivity contribution is 5.78. The van der Waals surface area contributed by atoms with Crippen LogP contribution in [-0.2, 0) is 4.79 Å². The second-order valence-electron chi connectivity index (χ2n) is 3.06. The number of carbonyl (C=O) groups excluding carboxylic acids is 1. The fourth-order valence-corrected chi connectivity index (χ4v) is 0.923. The summed E-state index contributed by atoms with van der Waals surface area (Å²) in [6.45, 7) is 1.00. The van der Waals surface area contributed by atoms with Gasteiger partial charge in [-0.3, -0.25) is 4.79 Å². The van der Waals surface area contributed by atoms with E-state index in [0.29, 0.717) is 0 Å². The Morgan fingerprint density at radius 2 is 1.35 bits per heavy atom. The molecule has 0 bridgehead atoms. The molecule has 3 nitrogen and oxygen atoms in total. The van der Waals surface area contributed by atoms with Crippen molar-refractivity contribution in [3.8, 4) is 5.75 Å². The lowest BCUT2D eigenvalue weighted by Gasteiger charge is -2.13. The van der Waals surface area contributed by atoms with Crippen molar-refractivity contribution >= 4 is 5.91 Å². The van der Waals surface area contributed by atoms with E-state index >= 15 is 0 Å². The quantitative estimate of drug-likeness (QED) is 0.507. The Kier molecular flexibility index (Phi) is 3.54. The van der Waals surface area contributed by atoms with E-state index < -0.39 is 46.8 Å². The predicted molar refractivity (Wildman–Crippen MR) is 45.5 cm³/mol. The lowest BCUT2D eigenvalue weighted by Crippen LogP contribution is -2.31. The molecule has 0 spiro atoms. The summed E-state index contributed by atoms with van der Waals surface area (Å²) in [7, 11) is 0. The monoisotopic (exact) mass is 255 g/mol. The lowest BCUT2D eigenvalue weighted by atomic mass is 10.2. The molecule has 0 unspecified atom stereocenters. The van der Waals surface area contributed by atoms with Crippen LogP contribution in [0, 0.1) is 29.1 Å². The molecule has 0 fully saturated rings. The van der Waals surface area contributed by atoms with E-state index in [-0.39, 0.29) is 0 Å². The third-order valence-corrected chi connectivity index (χ3v) is 1.86. The van der Waals surface area contributed by atoms with Gasteiger partial charge in [0.1, 0.15) is 0 Å². The molecule has 0 aliphatic heterocycles. The number of ether oxygens (including phenoxy) is 1. The van der Waals surface area contributed by atoms with Crippen LogP contribution < -0.4 is 10.5 Å². The first-order valence-electron chi connectivity index (χ1n) is 4.24. The highest BCUT2D eigenvalue weighted by Gasteiger charge is 2.28. The highest BCUT2D eigenvalue weighted by atomic mass is 19.2. The Hall–Kier alpha value is -1.86. The van der Waals surface area contributed by atoms with Crippen LogP contribution in [0.15, 0.2) is 0 Å². The van der Waals surface area contributed by atoms with Gasteiger partial charge < -0.3 is 10.5 Å². The Morgan fingerprint density at radius 1 is 1.00 bits per heavy atom. The number of benzene rings is 1. The molecule has 0 heterocycles. The van der Waals surface area contributed by atoms with E-state index in [2.05, 4.69) is 4.74 Å². The van der Waals surface area contributed by atoms with Gasteiger partial charge in [-0.15, -0.1) is 0 Å². The minimum absolute atomic E-state index is 1.00. The standard InChI is InChI=1S/C9H6F5NO2/c1-2(9(15)16)17-8-6(13)4(11)3(10)5(12)7(8)14/h2H,1H3,(H2,15,16)/t2-/m1/s1. The molecule has 17 heavy (non-hydrogen) atoms. The Morgan fingerprint density at radius 3 is 1.71 bits per heavy atom. The van der Waals surface area contributed by atoms with Crippen LogP contribution >= 0.6 is 0 Å². The van der Waals surface area contributed by atoms with Crippen molar-refractivity contribution in [3.05, 3.63) is 29.1 Å². The summed E-state index contributed by atoms with van der Waals surface area (Å²) in [5.74, 6) is -13.6. The van der Waals surface area contributed by atoms with Crippen LogP contribution in [0.4, 0.5) is 22.0 Å². The molecule has 0 aliphatic rings. The van der Waals surface area contributed by atoms with E-state index in [0.717, 1.165) is 6.92 Å². The fraction of sp³-hybridized carbons (Fsp3) is 0.222. The van der Waals surface area contributed by atoms with Crippen LogP contribution in [0.1, 0.15) is 6.92 Å². The largest absolute Gasteiger partial charge is 0.475 e. The molecular formula is C9H6F5NO2. The summed E-state index contributed by atoms with van der Waals surface area (Å²) in [5, 5.41) is 0. The van der Waals surface area contributed by atoms with E-state index in [1.54, 1.807) is 0 Å². The van der Waals surface area contributed by atoms with Gasteiger partial charge in [-0.25, -0.2) is 13.2 Å². The molecule has 0 radical (unpaired) electrons. The maximum atomic E-state index is 13.0. The molecule has 0 saturated carbocycles. The van der Waals surface area contributed by atoms with Gasteiger partial charge in [-0.05, 0) is 6.92 Å². The molecule has 0 aromatic heterocycles. The van der Waals surface area contributed by atoms with Crippen LogP contribution in [0.2, 0.25) is 0 Å². The number of carbonyl (C=O) groups is 1. The summed E-state index contributed by atoms with van der Waals surface area (Å²) in [5.41, 5.74) is 4.72. The molecule has 1 rings (SSSR count). The number of primary amides is 1. The molecule has 0 saturated heterocycles. The maximum absolute atomic E-state index is 13.0. The lowest BCUT2D eigenvalue weighted by molar-refractivity contribution is -0.124. The van der Waals surface area contributed by atoms with Crippen LogP contribution in [-0.4, -0.2) is 12.0 Å². The zero-order chi connectivity index (χ0) is 13.3. The molecule has 8 heteroatoms. The molecule has 0 aliphatic carbocycles. The van der Waals surface area contributed by atoms with Crippen molar-refractivity contribution in [2.24, 2.45) is 5.73 Å². The minimum Gasteiger partial charge on any atom is -0.475 e. The number of amides is 1. The summed E-state index contributed by atoms with van der Waals surface area (Å²) in [6, 6.07) is 0. The maximum Gasteiger partial charge on any atom is 0.258 e. The topological polar surface area (TPSA) is 52.3 Å². The molecule has 2 N–H and O–H groups in total. The molecule has 94 valence electrons. The SMILES string of the molecule is C[C@@H](Oc1c(F)c(F)c(F)c(F)c1F)C(N)=O. The normalized spacial score (nSPS) is 12.4. The predicted octanol–water partition coefficient (Wildman–Crippen LogP) is 1.63. The molecule has 1 amide bonds. The number of rotatable bonds is 3. The van der Waals surface area contributed by atoms with Crippen molar-refractivity contribution in [2.75, 3.05) is 0 Å². The van der Waals surface area contributed by atoms with Gasteiger partial charge in [-0.2, -0.15) is 8.78 Å². The van der Waals surface area contributed by atoms with Crippen LogP contribution in [0.3, 0.4) is 0 Å². The molecule has 1 aromatic rings. The Balaban J connectivity index is 3.30. The third kappa shape index (κ3) is 2.29. The summed E-state index contributed by atoms with van der Waals surface area (Å²) < 4.78 is 68.4. The van der Waals surface area contributed by atoms with Crippen molar-refractivity contribution in [1.29, 1.82) is 0 Å². The van der Waals surface area contributed by atoms with E-state index in [1.165, 1.54) is 0 Å². The van der Waals surface area contributed by atoms with Crippen LogP contribution in [0.25, 0.3) is 0 Å². The second kappa shape index (κ2) is 4.56. The van der Waals surface area contributed by atoms with E-state index in [1.807, 2.05) is 0 Å². The van der Waals surface area contributed by atoms with Gasteiger partial charge in [0.25, 0.3) is 5.91 Å². The summed E-state index contributed by atoms with van der Waals surface area (Å²) >= 11 is 0. The summed E-state index contributed by atoms with van der Waals surface area (Å²) in [6.07, 6.45) is -1.54. The van der Waals surface area contributed by atoms with Crippen molar-refractivity contribution in [3.63, 3.8) is 0 Å². The first-order valence-corrected chi connectivity index (χ1v) is 4.24. The number of nitrogens with two attached hydrogens (primary N) is 1. The van der Waals surface area contributed by atoms with Crippen LogP contribution in [0.5, 0.6) is 5.75 Å².